The van der Waals surface area contributed by atoms with Gasteiger partial charge in [-0.15, -0.1) is 0 Å². The van der Waals surface area contributed by atoms with E-state index in [1.807, 2.05) is 0 Å². The highest BCUT2D eigenvalue weighted by atomic mass is 32.1. The smallest absolute Gasteiger partial charge is 0.305 e. The molecule has 0 aromatic carbocycles. The van der Waals surface area contributed by atoms with Gasteiger partial charge >= 0.3 is 11.9 Å². The molecule has 0 aromatic heterocycles. The van der Waals surface area contributed by atoms with E-state index in [2.05, 4.69) is 21.3 Å². The van der Waals surface area contributed by atoms with Crippen molar-refractivity contribution in [1.82, 2.24) is 21.3 Å². The fourth-order valence-corrected chi connectivity index (χ4v) is 3.64. The van der Waals surface area contributed by atoms with Crippen LogP contribution in [-0.4, -0.2) is 61.6 Å². The Morgan fingerprint density at radius 3 is 1.55 bits per heavy atom. The minimum Gasteiger partial charge on any atom is -0.465 e. The molecule has 2 rings (SSSR count). The number of carbonyl (C=O) groups excluding carboxylic acids is 2. The van der Waals surface area contributed by atoms with Crippen molar-refractivity contribution in [1.29, 1.82) is 0 Å². The lowest BCUT2D eigenvalue weighted by atomic mass is 9.98. The highest BCUT2D eigenvalue weighted by molar-refractivity contribution is 7.80. The molecule has 164 valence electrons. The first kappa shape index (κ1) is 23.6. The maximum absolute atomic E-state index is 11.0. The topological polar surface area (TPSA) is 101 Å². The van der Waals surface area contributed by atoms with Crippen molar-refractivity contribution < 1.29 is 19.1 Å². The molecule has 2 heterocycles. The maximum atomic E-state index is 11.0. The summed E-state index contributed by atoms with van der Waals surface area (Å²) in [6.07, 6.45) is 5.61. The zero-order chi connectivity index (χ0) is 20.9. The molecule has 2 unspecified atom stereocenters. The molecule has 2 aliphatic rings. The van der Waals surface area contributed by atoms with E-state index in [1.54, 1.807) is 0 Å². The molecule has 0 aromatic rings. The SMILES string of the molecule is O=C1CCC(CCNC(=S)NCCCNC(=S)NCCC2CCC(=O)OC2)CO1. The number of carbonyl (C=O) groups is 2. The van der Waals surface area contributed by atoms with Gasteiger partial charge < -0.3 is 30.7 Å². The summed E-state index contributed by atoms with van der Waals surface area (Å²) in [5, 5.41) is 14.0. The first-order valence-electron chi connectivity index (χ1n) is 10.4. The van der Waals surface area contributed by atoms with Gasteiger partial charge in [-0.3, -0.25) is 9.59 Å². The third-order valence-electron chi connectivity index (χ3n) is 5.07. The Bertz CT molecular complexity index is 508. The van der Waals surface area contributed by atoms with Crippen molar-refractivity contribution in [2.75, 3.05) is 39.4 Å². The molecule has 8 nitrogen and oxygen atoms in total. The van der Waals surface area contributed by atoms with Crippen LogP contribution in [0.1, 0.15) is 44.9 Å². The lowest BCUT2D eigenvalue weighted by molar-refractivity contribution is -0.150. The number of hydrogen-bond acceptors (Lipinski definition) is 6. The standard InChI is InChI=1S/C19H32N4O4S2/c24-16-4-2-14(12-26-16)6-10-22-18(28)20-8-1-9-21-19(29)23-11-7-15-3-5-17(25)27-13-15/h14-15H,1-13H2,(H2,20,22,28)(H2,21,23,29). The van der Waals surface area contributed by atoms with E-state index in [9.17, 15) is 9.59 Å². The highest BCUT2D eigenvalue weighted by Gasteiger charge is 2.20. The Kier molecular flexibility index (Phi) is 11.0. The first-order chi connectivity index (χ1) is 14.0. The first-order valence-corrected chi connectivity index (χ1v) is 11.2. The Hall–Kier alpha value is -1.68. The third-order valence-corrected chi connectivity index (χ3v) is 5.65. The number of hydrogen-bond donors (Lipinski definition) is 4. The fraction of sp³-hybridized carbons (Fsp3) is 0.789. The maximum Gasteiger partial charge on any atom is 0.305 e. The summed E-state index contributed by atoms with van der Waals surface area (Å²) in [4.78, 5) is 22.1. The van der Waals surface area contributed by atoms with E-state index >= 15 is 0 Å². The molecule has 0 amide bonds. The number of thiocarbonyl (C=S) groups is 2. The van der Waals surface area contributed by atoms with Crippen molar-refractivity contribution in [3.63, 3.8) is 0 Å². The largest absolute Gasteiger partial charge is 0.465 e. The molecule has 4 N–H and O–H groups in total. The Labute approximate surface area is 183 Å². The minimum absolute atomic E-state index is 0.0915. The van der Waals surface area contributed by atoms with E-state index in [-0.39, 0.29) is 11.9 Å². The molecular formula is C19H32N4O4S2. The van der Waals surface area contributed by atoms with Gasteiger partial charge in [0, 0.05) is 39.0 Å². The normalized spacial score (nSPS) is 21.5. The van der Waals surface area contributed by atoms with Crippen LogP contribution in [-0.2, 0) is 19.1 Å². The zero-order valence-corrected chi connectivity index (χ0v) is 18.4. The predicted molar refractivity (Wildman–Crippen MR) is 118 cm³/mol. The average molecular weight is 445 g/mol. The van der Waals surface area contributed by atoms with Crippen molar-refractivity contribution in [3.05, 3.63) is 0 Å². The predicted octanol–water partition coefficient (Wildman–Crippen LogP) is 0.991. The van der Waals surface area contributed by atoms with Crippen molar-refractivity contribution in [2.45, 2.75) is 44.9 Å². The minimum atomic E-state index is -0.0915. The van der Waals surface area contributed by atoms with Crippen LogP contribution in [0, 0.1) is 11.8 Å². The molecule has 0 aliphatic carbocycles. The van der Waals surface area contributed by atoms with Crippen LogP contribution < -0.4 is 21.3 Å². The van der Waals surface area contributed by atoms with Crippen molar-refractivity contribution in [2.24, 2.45) is 11.8 Å². The molecular weight excluding hydrogens is 412 g/mol. The van der Waals surface area contributed by atoms with Crippen LogP contribution in [0.15, 0.2) is 0 Å². The van der Waals surface area contributed by atoms with Crippen LogP contribution in [0.4, 0.5) is 0 Å². The number of nitrogens with one attached hydrogen (secondary N) is 4. The number of cyclic esters (lactones) is 2. The molecule has 0 saturated carbocycles. The van der Waals surface area contributed by atoms with Gasteiger partial charge in [0.05, 0.1) is 13.2 Å². The molecule has 0 radical (unpaired) electrons. The summed E-state index contributed by atoms with van der Waals surface area (Å²) in [6.45, 7) is 4.12. The fourth-order valence-electron chi connectivity index (χ4n) is 3.23. The zero-order valence-electron chi connectivity index (χ0n) is 16.8. The van der Waals surface area contributed by atoms with Crippen LogP contribution in [0.25, 0.3) is 0 Å². The second-order valence-electron chi connectivity index (χ2n) is 7.47. The van der Waals surface area contributed by atoms with E-state index < -0.39 is 0 Å². The lowest BCUT2D eigenvalue weighted by Gasteiger charge is -2.22. The van der Waals surface area contributed by atoms with Gasteiger partial charge in [-0.25, -0.2) is 0 Å². The lowest BCUT2D eigenvalue weighted by Crippen LogP contribution is -2.40. The Morgan fingerprint density at radius 2 is 1.17 bits per heavy atom. The Morgan fingerprint density at radius 1 is 0.759 bits per heavy atom. The molecule has 2 saturated heterocycles. The van der Waals surface area contributed by atoms with E-state index in [4.69, 9.17) is 33.9 Å². The van der Waals surface area contributed by atoms with Gasteiger partial charge in [-0.2, -0.15) is 0 Å². The van der Waals surface area contributed by atoms with Crippen molar-refractivity contribution >= 4 is 46.6 Å². The molecule has 10 heteroatoms. The van der Waals surface area contributed by atoms with Crippen LogP contribution in [0.5, 0.6) is 0 Å². The summed E-state index contributed by atoms with van der Waals surface area (Å²) in [7, 11) is 0. The van der Waals surface area contributed by atoms with Gasteiger partial charge in [0.1, 0.15) is 0 Å². The summed E-state index contributed by atoms with van der Waals surface area (Å²) in [5.41, 5.74) is 0. The Balaban J connectivity index is 1.38. The monoisotopic (exact) mass is 444 g/mol. The molecule has 2 atom stereocenters. The second kappa shape index (κ2) is 13.5. The van der Waals surface area contributed by atoms with Crippen LogP contribution in [0.3, 0.4) is 0 Å². The molecule has 2 aliphatic heterocycles. The van der Waals surface area contributed by atoms with Gasteiger partial charge in [-0.1, -0.05) is 0 Å². The van der Waals surface area contributed by atoms with Gasteiger partial charge in [0.2, 0.25) is 0 Å². The quantitative estimate of drug-likeness (QED) is 0.222. The summed E-state index contributed by atoms with van der Waals surface area (Å²) in [5.74, 6) is 0.667. The summed E-state index contributed by atoms with van der Waals surface area (Å²) < 4.78 is 10.1. The molecule has 0 bridgehead atoms. The van der Waals surface area contributed by atoms with Crippen LogP contribution >= 0.6 is 24.4 Å². The average Bonchev–Trinajstić information content (AvgIpc) is 2.71. The van der Waals surface area contributed by atoms with Gasteiger partial charge in [0.15, 0.2) is 10.2 Å². The van der Waals surface area contributed by atoms with E-state index in [0.717, 1.165) is 58.3 Å². The van der Waals surface area contributed by atoms with Gasteiger partial charge in [-0.05, 0) is 68.4 Å². The number of rotatable bonds is 10. The summed E-state index contributed by atoms with van der Waals surface area (Å²) >= 11 is 10.5. The van der Waals surface area contributed by atoms with Crippen LogP contribution in [0.2, 0.25) is 0 Å². The third kappa shape index (κ3) is 10.6. The van der Waals surface area contributed by atoms with Crippen molar-refractivity contribution in [3.8, 4) is 0 Å². The number of esters is 2. The molecule has 0 spiro atoms. The highest BCUT2D eigenvalue weighted by Crippen LogP contribution is 2.18. The van der Waals surface area contributed by atoms with E-state index in [1.165, 1.54) is 0 Å². The van der Waals surface area contributed by atoms with Gasteiger partial charge in [0.25, 0.3) is 0 Å². The molecule has 2 fully saturated rings. The van der Waals surface area contributed by atoms with E-state index in [0.29, 0.717) is 48.1 Å². The number of ether oxygens (including phenoxy) is 2. The summed E-state index contributed by atoms with van der Waals surface area (Å²) in [6, 6.07) is 0. The molecule has 29 heavy (non-hydrogen) atoms. The second-order valence-corrected chi connectivity index (χ2v) is 8.29.